The molecule has 2 rings (SSSR count). The molecule has 0 amide bonds. The fourth-order valence-electron chi connectivity index (χ4n) is 3.46. The molecule has 1 saturated carbocycles. The van der Waals surface area contributed by atoms with E-state index in [1.165, 1.54) is 6.07 Å². The van der Waals surface area contributed by atoms with Crippen molar-refractivity contribution in [3.05, 3.63) is 34.9 Å². The molecule has 1 aromatic carbocycles. The van der Waals surface area contributed by atoms with Gasteiger partial charge in [-0.3, -0.25) is 0 Å². The van der Waals surface area contributed by atoms with E-state index in [9.17, 15) is 13.2 Å². The Morgan fingerprint density at radius 1 is 1.30 bits per heavy atom. The van der Waals surface area contributed by atoms with Gasteiger partial charge in [-0.2, -0.15) is 13.2 Å². The van der Waals surface area contributed by atoms with E-state index in [-0.39, 0.29) is 11.5 Å². The van der Waals surface area contributed by atoms with Gasteiger partial charge in [-0.25, -0.2) is 0 Å². The summed E-state index contributed by atoms with van der Waals surface area (Å²) in [5.74, 6) is 0.331. The first-order valence-electron chi connectivity index (χ1n) is 7.06. The molecule has 1 nitrogen and oxygen atoms in total. The number of benzene rings is 1. The highest BCUT2D eigenvalue weighted by atomic mass is 19.4. The number of hydrogen-bond acceptors (Lipinski definition) is 1. The fraction of sp³-hybridized carbons (Fsp3) is 0.625. The van der Waals surface area contributed by atoms with Gasteiger partial charge in [-0.05, 0) is 54.4 Å². The van der Waals surface area contributed by atoms with Gasteiger partial charge in [0.1, 0.15) is 0 Å². The zero-order valence-electron chi connectivity index (χ0n) is 12.2. The van der Waals surface area contributed by atoms with E-state index in [1.54, 1.807) is 13.0 Å². The summed E-state index contributed by atoms with van der Waals surface area (Å²) in [7, 11) is 0. The van der Waals surface area contributed by atoms with E-state index in [0.717, 1.165) is 30.9 Å². The van der Waals surface area contributed by atoms with Crippen molar-refractivity contribution in [2.24, 2.45) is 17.1 Å². The highest BCUT2D eigenvalue weighted by Crippen LogP contribution is 2.48. The summed E-state index contributed by atoms with van der Waals surface area (Å²) in [5.41, 5.74) is 7.40. The Bertz CT molecular complexity index is 491. The molecule has 0 heterocycles. The SMILES string of the molecule is Cc1cc(C(F)(F)F)ccc1C(N)C1CCCC1(C)C. The van der Waals surface area contributed by atoms with Crippen LogP contribution in [0.1, 0.15) is 55.8 Å². The van der Waals surface area contributed by atoms with Crippen LogP contribution in [0, 0.1) is 18.3 Å². The summed E-state index contributed by atoms with van der Waals surface area (Å²) in [5, 5.41) is 0. The summed E-state index contributed by atoms with van der Waals surface area (Å²) in [6.07, 6.45) is -0.968. The Morgan fingerprint density at radius 2 is 1.95 bits per heavy atom. The molecule has 1 aromatic rings. The van der Waals surface area contributed by atoms with Crippen molar-refractivity contribution < 1.29 is 13.2 Å². The Labute approximate surface area is 118 Å². The average Bonchev–Trinajstić information content (AvgIpc) is 2.66. The van der Waals surface area contributed by atoms with Crippen molar-refractivity contribution in [3.8, 4) is 0 Å². The van der Waals surface area contributed by atoms with Crippen LogP contribution in [0.15, 0.2) is 18.2 Å². The topological polar surface area (TPSA) is 26.0 Å². The highest BCUT2D eigenvalue weighted by Gasteiger charge is 2.39. The van der Waals surface area contributed by atoms with Crippen molar-refractivity contribution in [1.29, 1.82) is 0 Å². The lowest BCUT2D eigenvalue weighted by atomic mass is 9.75. The minimum atomic E-state index is -4.29. The molecular formula is C16H22F3N. The maximum Gasteiger partial charge on any atom is 0.416 e. The lowest BCUT2D eigenvalue weighted by Crippen LogP contribution is -2.30. The summed E-state index contributed by atoms with van der Waals surface area (Å²) >= 11 is 0. The van der Waals surface area contributed by atoms with Gasteiger partial charge in [0, 0.05) is 6.04 Å². The molecule has 2 unspecified atom stereocenters. The van der Waals surface area contributed by atoms with Gasteiger partial charge in [0.15, 0.2) is 0 Å². The van der Waals surface area contributed by atoms with Gasteiger partial charge in [-0.1, -0.05) is 26.3 Å². The minimum Gasteiger partial charge on any atom is -0.324 e. The maximum atomic E-state index is 12.7. The van der Waals surface area contributed by atoms with Gasteiger partial charge in [0.05, 0.1) is 5.56 Å². The summed E-state index contributed by atoms with van der Waals surface area (Å²) < 4.78 is 38.1. The molecule has 0 aliphatic heterocycles. The third-order valence-corrected chi connectivity index (χ3v) is 4.73. The summed E-state index contributed by atoms with van der Waals surface area (Å²) in [4.78, 5) is 0. The van der Waals surface area contributed by atoms with Gasteiger partial charge in [-0.15, -0.1) is 0 Å². The number of alkyl halides is 3. The van der Waals surface area contributed by atoms with E-state index in [1.807, 2.05) is 0 Å². The fourth-order valence-corrected chi connectivity index (χ4v) is 3.46. The second kappa shape index (κ2) is 5.06. The van der Waals surface area contributed by atoms with Crippen LogP contribution in [-0.4, -0.2) is 0 Å². The van der Waals surface area contributed by atoms with Crippen LogP contribution in [0.25, 0.3) is 0 Å². The molecule has 112 valence electrons. The molecule has 2 N–H and O–H groups in total. The first-order chi connectivity index (χ1) is 9.13. The Morgan fingerprint density at radius 3 is 2.40 bits per heavy atom. The molecule has 20 heavy (non-hydrogen) atoms. The highest BCUT2D eigenvalue weighted by molar-refractivity contribution is 5.35. The normalized spacial score (nSPS) is 23.9. The van der Waals surface area contributed by atoms with Crippen LogP contribution in [0.5, 0.6) is 0 Å². The second-order valence-electron chi connectivity index (χ2n) is 6.58. The number of hydrogen-bond donors (Lipinski definition) is 1. The molecular weight excluding hydrogens is 263 g/mol. The Hall–Kier alpha value is -1.03. The molecule has 1 fully saturated rings. The zero-order chi connectivity index (χ0) is 15.1. The molecule has 2 atom stereocenters. The van der Waals surface area contributed by atoms with E-state index in [0.29, 0.717) is 11.5 Å². The van der Waals surface area contributed by atoms with Gasteiger partial charge in [0.25, 0.3) is 0 Å². The molecule has 4 heteroatoms. The van der Waals surface area contributed by atoms with Crippen molar-refractivity contribution in [2.45, 2.75) is 52.3 Å². The third kappa shape index (κ3) is 2.85. The maximum absolute atomic E-state index is 12.7. The molecule has 0 spiro atoms. The average molecular weight is 285 g/mol. The number of aryl methyl sites for hydroxylation is 1. The lowest BCUT2D eigenvalue weighted by molar-refractivity contribution is -0.137. The zero-order valence-corrected chi connectivity index (χ0v) is 12.2. The van der Waals surface area contributed by atoms with Gasteiger partial charge < -0.3 is 5.73 Å². The molecule has 0 radical (unpaired) electrons. The Balaban J connectivity index is 2.30. The predicted octanol–water partition coefficient (Wildman–Crippen LogP) is 4.84. The number of halogens is 3. The first kappa shape index (κ1) is 15.4. The largest absolute Gasteiger partial charge is 0.416 e. The second-order valence-corrected chi connectivity index (χ2v) is 6.58. The summed E-state index contributed by atoms with van der Waals surface area (Å²) in [6, 6.07) is 3.72. The van der Waals surface area contributed by atoms with E-state index in [4.69, 9.17) is 5.73 Å². The van der Waals surface area contributed by atoms with Gasteiger partial charge in [0.2, 0.25) is 0 Å². The van der Waals surface area contributed by atoms with E-state index >= 15 is 0 Å². The smallest absolute Gasteiger partial charge is 0.324 e. The van der Waals surface area contributed by atoms with Crippen LogP contribution in [0.3, 0.4) is 0 Å². The minimum absolute atomic E-state index is 0.161. The quantitative estimate of drug-likeness (QED) is 0.826. The predicted molar refractivity (Wildman–Crippen MR) is 74.2 cm³/mol. The molecule has 0 saturated heterocycles. The third-order valence-electron chi connectivity index (χ3n) is 4.73. The molecule has 1 aliphatic rings. The van der Waals surface area contributed by atoms with Crippen LogP contribution in [0.4, 0.5) is 13.2 Å². The van der Waals surface area contributed by atoms with Crippen molar-refractivity contribution >= 4 is 0 Å². The van der Waals surface area contributed by atoms with Crippen molar-refractivity contribution in [3.63, 3.8) is 0 Å². The molecule has 0 bridgehead atoms. The van der Waals surface area contributed by atoms with Crippen molar-refractivity contribution in [2.75, 3.05) is 0 Å². The monoisotopic (exact) mass is 285 g/mol. The van der Waals surface area contributed by atoms with E-state index in [2.05, 4.69) is 13.8 Å². The summed E-state index contributed by atoms with van der Waals surface area (Å²) in [6.45, 7) is 6.11. The van der Waals surface area contributed by atoms with Crippen molar-refractivity contribution in [1.82, 2.24) is 0 Å². The molecule has 0 aromatic heterocycles. The first-order valence-corrected chi connectivity index (χ1v) is 7.06. The Kier molecular flexibility index (Phi) is 3.89. The number of nitrogens with two attached hydrogens (primary N) is 1. The molecule has 1 aliphatic carbocycles. The van der Waals surface area contributed by atoms with Crippen LogP contribution >= 0.6 is 0 Å². The van der Waals surface area contributed by atoms with Crippen LogP contribution in [-0.2, 0) is 6.18 Å². The number of rotatable bonds is 2. The van der Waals surface area contributed by atoms with Crippen LogP contribution < -0.4 is 5.73 Å². The van der Waals surface area contributed by atoms with Crippen LogP contribution in [0.2, 0.25) is 0 Å². The van der Waals surface area contributed by atoms with E-state index < -0.39 is 11.7 Å². The van der Waals surface area contributed by atoms with Gasteiger partial charge >= 0.3 is 6.18 Å². The standard InChI is InChI=1S/C16H22F3N/c1-10-9-11(16(17,18)19)6-7-12(10)14(20)13-5-4-8-15(13,2)3/h6-7,9,13-14H,4-5,8,20H2,1-3H3. The lowest BCUT2D eigenvalue weighted by Gasteiger charge is -2.33.